The highest BCUT2D eigenvalue weighted by Gasteiger charge is 2.20. The first-order chi connectivity index (χ1) is 10.7. The van der Waals surface area contributed by atoms with Crippen molar-refractivity contribution < 1.29 is 14.0 Å². The summed E-state index contributed by atoms with van der Waals surface area (Å²) in [4.78, 5) is 24.4. The van der Waals surface area contributed by atoms with Crippen LogP contribution in [-0.4, -0.2) is 30.9 Å². The van der Waals surface area contributed by atoms with Crippen molar-refractivity contribution in [3.63, 3.8) is 0 Å². The first-order valence-corrected chi connectivity index (χ1v) is 8.06. The molecule has 3 rings (SSSR count). The Morgan fingerprint density at radius 3 is 2.87 bits per heavy atom. The van der Waals surface area contributed by atoms with Crippen molar-refractivity contribution in [2.24, 2.45) is 0 Å². The zero-order valence-corrected chi connectivity index (χ0v) is 14.0. The van der Waals surface area contributed by atoms with Crippen molar-refractivity contribution in [1.29, 1.82) is 0 Å². The predicted molar refractivity (Wildman–Crippen MR) is 91.6 cm³/mol. The minimum atomic E-state index is -0.360. The summed E-state index contributed by atoms with van der Waals surface area (Å²) < 4.78 is 5.05. The number of amides is 2. The Hall–Kier alpha value is -1.83. The van der Waals surface area contributed by atoms with Crippen molar-refractivity contribution in [3.05, 3.63) is 41.2 Å². The summed E-state index contributed by atoms with van der Waals surface area (Å²) in [6.07, 6.45) is 3.46. The van der Waals surface area contributed by atoms with Gasteiger partial charge in [0.15, 0.2) is 5.76 Å². The largest absolute Gasteiger partial charge is 0.459 e. The van der Waals surface area contributed by atoms with Crippen molar-refractivity contribution in [3.8, 4) is 0 Å². The van der Waals surface area contributed by atoms with Gasteiger partial charge in [0.05, 0.1) is 11.8 Å². The molecule has 0 aliphatic carbocycles. The zero-order chi connectivity index (χ0) is 15.4. The van der Waals surface area contributed by atoms with Crippen LogP contribution in [0.15, 0.2) is 34.3 Å². The van der Waals surface area contributed by atoms with E-state index in [2.05, 4.69) is 16.0 Å². The third kappa shape index (κ3) is 4.34. The van der Waals surface area contributed by atoms with Crippen LogP contribution in [0.4, 0.5) is 5.00 Å². The van der Waals surface area contributed by atoms with Gasteiger partial charge in [-0.1, -0.05) is 0 Å². The molecule has 1 fully saturated rings. The summed E-state index contributed by atoms with van der Waals surface area (Å²) in [5.74, 6) is -0.304. The van der Waals surface area contributed by atoms with Crippen molar-refractivity contribution >= 4 is 40.6 Å². The SMILES string of the molecule is Cl.O=C(Nc1sccc1C(=O)N[C@H]1CCCNC1)c1ccco1. The topological polar surface area (TPSA) is 83.4 Å². The third-order valence-electron chi connectivity index (χ3n) is 3.51. The minimum Gasteiger partial charge on any atom is -0.459 e. The van der Waals surface area contributed by atoms with Gasteiger partial charge >= 0.3 is 0 Å². The molecular weight excluding hydrogens is 338 g/mol. The Kier molecular flexibility index (Phi) is 6.20. The van der Waals surface area contributed by atoms with E-state index in [1.165, 1.54) is 17.6 Å². The second-order valence-corrected chi connectivity index (χ2v) is 6.03. The molecule has 2 aromatic rings. The molecule has 0 bridgehead atoms. The van der Waals surface area contributed by atoms with Gasteiger partial charge < -0.3 is 20.4 Å². The molecule has 0 saturated carbocycles. The monoisotopic (exact) mass is 355 g/mol. The van der Waals surface area contributed by atoms with Crippen molar-refractivity contribution in [2.45, 2.75) is 18.9 Å². The van der Waals surface area contributed by atoms with Gasteiger partial charge in [-0.2, -0.15) is 0 Å². The number of furan rings is 1. The molecule has 8 heteroatoms. The van der Waals surface area contributed by atoms with E-state index in [4.69, 9.17) is 4.42 Å². The van der Waals surface area contributed by atoms with Gasteiger partial charge in [0.2, 0.25) is 0 Å². The van der Waals surface area contributed by atoms with Crippen LogP contribution in [0.5, 0.6) is 0 Å². The second kappa shape index (κ2) is 8.14. The van der Waals surface area contributed by atoms with E-state index in [0.717, 1.165) is 25.9 Å². The number of halogens is 1. The molecule has 0 unspecified atom stereocenters. The quantitative estimate of drug-likeness (QED) is 0.786. The molecular formula is C15H18ClN3O3S. The summed E-state index contributed by atoms with van der Waals surface area (Å²) >= 11 is 1.32. The first kappa shape index (κ1) is 17.5. The molecule has 3 heterocycles. The van der Waals surface area contributed by atoms with Gasteiger partial charge in [-0.3, -0.25) is 9.59 Å². The highest BCUT2D eigenvalue weighted by molar-refractivity contribution is 7.14. The van der Waals surface area contributed by atoms with Crippen molar-refractivity contribution in [1.82, 2.24) is 10.6 Å². The number of anilines is 1. The Balaban J connectivity index is 0.00000192. The van der Waals surface area contributed by atoms with Gasteiger partial charge in [-0.25, -0.2) is 0 Å². The number of hydrogen-bond donors (Lipinski definition) is 3. The molecule has 0 aromatic carbocycles. The van der Waals surface area contributed by atoms with E-state index in [1.807, 2.05) is 0 Å². The number of thiophene rings is 1. The number of carbonyl (C=O) groups is 2. The lowest BCUT2D eigenvalue weighted by Gasteiger charge is -2.23. The molecule has 6 nitrogen and oxygen atoms in total. The van der Waals surface area contributed by atoms with Gasteiger partial charge in [0.25, 0.3) is 11.8 Å². The van der Waals surface area contributed by atoms with Crippen LogP contribution in [0.3, 0.4) is 0 Å². The fourth-order valence-corrected chi connectivity index (χ4v) is 3.18. The summed E-state index contributed by atoms with van der Waals surface area (Å²) in [5, 5.41) is 11.3. The number of hydrogen-bond acceptors (Lipinski definition) is 5. The Bertz CT molecular complexity index is 651. The smallest absolute Gasteiger partial charge is 0.291 e. The maximum absolute atomic E-state index is 12.4. The second-order valence-electron chi connectivity index (χ2n) is 5.11. The van der Waals surface area contributed by atoms with Crippen LogP contribution in [0.2, 0.25) is 0 Å². The standard InChI is InChI=1S/C15H17N3O3S.ClH/c19-13(17-10-3-1-6-16-9-10)11-5-8-22-15(11)18-14(20)12-4-2-7-21-12;/h2,4-5,7-8,10,16H,1,3,6,9H2,(H,17,19)(H,18,20);1H/t10-;/m0./s1. The van der Waals surface area contributed by atoms with E-state index < -0.39 is 0 Å². The molecule has 1 aliphatic rings. The molecule has 3 N–H and O–H groups in total. The van der Waals surface area contributed by atoms with E-state index in [0.29, 0.717) is 10.6 Å². The molecule has 2 aromatic heterocycles. The number of piperidine rings is 1. The average Bonchev–Trinajstić information content (AvgIpc) is 3.19. The molecule has 0 radical (unpaired) electrons. The molecule has 23 heavy (non-hydrogen) atoms. The molecule has 1 atom stereocenters. The van der Waals surface area contributed by atoms with Gasteiger partial charge in [0.1, 0.15) is 5.00 Å². The Morgan fingerprint density at radius 2 is 2.17 bits per heavy atom. The normalized spacial score (nSPS) is 17.1. The maximum atomic E-state index is 12.4. The highest BCUT2D eigenvalue weighted by Crippen LogP contribution is 2.24. The Morgan fingerprint density at radius 1 is 1.30 bits per heavy atom. The van der Waals surface area contributed by atoms with Crippen LogP contribution in [0.1, 0.15) is 33.8 Å². The lowest BCUT2D eigenvalue weighted by Crippen LogP contribution is -2.45. The third-order valence-corrected chi connectivity index (χ3v) is 4.34. The number of nitrogens with one attached hydrogen (secondary N) is 3. The average molecular weight is 356 g/mol. The lowest BCUT2D eigenvalue weighted by molar-refractivity contribution is 0.0932. The summed E-state index contributed by atoms with van der Waals surface area (Å²) in [6, 6.07) is 5.08. The van der Waals surface area contributed by atoms with Crippen LogP contribution >= 0.6 is 23.7 Å². The fourth-order valence-electron chi connectivity index (χ4n) is 2.40. The minimum absolute atomic E-state index is 0. The molecule has 1 saturated heterocycles. The van der Waals surface area contributed by atoms with Gasteiger partial charge in [0, 0.05) is 12.6 Å². The summed E-state index contributed by atoms with van der Waals surface area (Å²) in [7, 11) is 0. The van der Waals surface area contributed by atoms with E-state index >= 15 is 0 Å². The molecule has 124 valence electrons. The summed E-state index contributed by atoms with van der Waals surface area (Å²) in [6.45, 7) is 1.78. The van der Waals surface area contributed by atoms with Crippen LogP contribution < -0.4 is 16.0 Å². The van der Waals surface area contributed by atoms with Crippen molar-refractivity contribution in [2.75, 3.05) is 18.4 Å². The Labute approximate surface area is 144 Å². The molecule has 0 spiro atoms. The first-order valence-electron chi connectivity index (χ1n) is 7.18. The van der Waals surface area contributed by atoms with Crippen LogP contribution in [0, 0.1) is 0 Å². The molecule has 2 amide bonds. The van der Waals surface area contributed by atoms with Gasteiger partial charge in [-0.15, -0.1) is 23.7 Å². The highest BCUT2D eigenvalue weighted by atomic mass is 35.5. The molecule has 1 aliphatic heterocycles. The lowest BCUT2D eigenvalue weighted by atomic mass is 10.1. The zero-order valence-electron chi connectivity index (χ0n) is 12.3. The van der Waals surface area contributed by atoms with Gasteiger partial charge in [-0.05, 0) is 43.0 Å². The summed E-state index contributed by atoms with van der Waals surface area (Å²) in [5.41, 5.74) is 0.482. The van der Waals surface area contributed by atoms with E-state index in [9.17, 15) is 9.59 Å². The number of rotatable bonds is 4. The van der Waals surface area contributed by atoms with Crippen LogP contribution in [-0.2, 0) is 0 Å². The van der Waals surface area contributed by atoms with E-state index in [1.54, 1.807) is 23.6 Å². The predicted octanol–water partition coefficient (Wildman–Crippen LogP) is 2.50. The van der Waals surface area contributed by atoms with Crippen LogP contribution in [0.25, 0.3) is 0 Å². The number of carbonyl (C=O) groups excluding carboxylic acids is 2. The van der Waals surface area contributed by atoms with E-state index in [-0.39, 0.29) is 36.0 Å². The maximum Gasteiger partial charge on any atom is 0.291 e. The fraction of sp³-hybridized carbons (Fsp3) is 0.333.